The van der Waals surface area contributed by atoms with Crippen LogP contribution in [0.3, 0.4) is 0 Å². The van der Waals surface area contributed by atoms with Crippen molar-refractivity contribution in [1.82, 2.24) is 15.6 Å². The fourth-order valence-corrected chi connectivity index (χ4v) is 2.93. The highest BCUT2D eigenvalue weighted by molar-refractivity contribution is 14.0. The molecule has 0 saturated carbocycles. The average molecular weight is 460 g/mol. The third kappa shape index (κ3) is 6.64. The van der Waals surface area contributed by atoms with Crippen molar-refractivity contribution in [2.75, 3.05) is 20.7 Å². The summed E-state index contributed by atoms with van der Waals surface area (Å²) in [5.41, 5.74) is 1.18. The van der Waals surface area contributed by atoms with Crippen LogP contribution in [0.2, 0.25) is 0 Å². The highest BCUT2D eigenvalue weighted by Gasteiger charge is 2.02. The zero-order chi connectivity index (χ0) is 16.5. The number of halogens is 1. The van der Waals surface area contributed by atoms with Gasteiger partial charge >= 0.3 is 0 Å². The monoisotopic (exact) mass is 460 g/mol. The Hall–Kier alpha value is -1.35. The molecule has 0 amide bonds. The number of hydrogen-bond acceptors (Lipinski definition) is 4. The number of thiazole rings is 1. The SMILES string of the molecule is CCc1cnc(CCNC(=NC)NCc2ccc(OC)cc2)s1.I. The summed E-state index contributed by atoms with van der Waals surface area (Å²) in [6.45, 7) is 3.69. The van der Waals surface area contributed by atoms with Crippen LogP contribution in [0, 0.1) is 0 Å². The van der Waals surface area contributed by atoms with Crippen molar-refractivity contribution in [3.8, 4) is 5.75 Å². The van der Waals surface area contributed by atoms with Gasteiger partial charge in [0.2, 0.25) is 0 Å². The Morgan fingerprint density at radius 3 is 2.58 bits per heavy atom. The van der Waals surface area contributed by atoms with Gasteiger partial charge in [-0.3, -0.25) is 4.99 Å². The molecule has 2 N–H and O–H groups in total. The van der Waals surface area contributed by atoms with Crippen LogP contribution < -0.4 is 15.4 Å². The number of aryl methyl sites for hydroxylation is 1. The van der Waals surface area contributed by atoms with E-state index in [0.29, 0.717) is 0 Å². The van der Waals surface area contributed by atoms with E-state index >= 15 is 0 Å². The van der Waals surface area contributed by atoms with Gasteiger partial charge in [0, 0.05) is 37.6 Å². The fraction of sp³-hybridized carbons (Fsp3) is 0.412. The van der Waals surface area contributed by atoms with Crippen molar-refractivity contribution < 1.29 is 4.74 Å². The van der Waals surface area contributed by atoms with Crippen LogP contribution in [0.25, 0.3) is 0 Å². The van der Waals surface area contributed by atoms with Crippen LogP contribution in [0.1, 0.15) is 22.4 Å². The Bertz CT molecular complexity index is 628. The number of hydrogen-bond donors (Lipinski definition) is 2. The van der Waals surface area contributed by atoms with Crippen molar-refractivity contribution in [2.45, 2.75) is 26.3 Å². The summed E-state index contributed by atoms with van der Waals surface area (Å²) < 4.78 is 5.16. The van der Waals surface area contributed by atoms with E-state index < -0.39 is 0 Å². The van der Waals surface area contributed by atoms with E-state index in [1.807, 2.05) is 30.5 Å². The van der Waals surface area contributed by atoms with Crippen molar-refractivity contribution in [2.24, 2.45) is 4.99 Å². The molecule has 2 aromatic rings. The molecule has 24 heavy (non-hydrogen) atoms. The number of ether oxygens (including phenoxy) is 1. The maximum Gasteiger partial charge on any atom is 0.191 e. The lowest BCUT2D eigenvalue weighted by molar-refractivity contribution is 0.414. The number of aliphatic imine (C=N–C) groups is 1. The van der Waals surface area contributed by atoms with Crippen LogP contribution in [-0.4, -0.2) is 31.6 Å². The predicted octanol–water partition coefficient (Wildman–Crippen LogP) is 3.24. The van der Waals surface area contributed by atoms with E-state index in [9.17, 15) is 0 Å². The molecule has 0 aliphatic heterocycles. The average Bonchev–Trinajstić information content (AvgIpc) is 3.06. The first kappa shape index (κ1) is 20.7. The Kier molecular flexibility index (Phi) is 9.70. The minimum atomic E-state index is 0. The molecule has 5 nitrogen and oxygen atoms in total. The van der Waals surface area contributed by atoms with E-state index in [1.54, 1.807) is 25.5 Å². The minimum absolute atomic E-state index is 0. The lowest BCUT2D eigenvalue weighted by atomic mass is 10.2. The maximum atomic E-state index is 5.16. The van der Waals surface area contributed by atoms with E-state index in [4.69, 9.17) is 4.74 Å². The number of nitrogens with zero attached hydrogens (tertiary/aromatic N) is 2. The van der Waals surface area contributed by atoms with Crippen LogP contribution in [0.15, 0.2) is 35.5 Å². The second-order valence-corrected chi connectivity index (χ2v) is 6.22. The first-order chi connectivity index (χ1) is 11.2. The van der Waals surface area contributed by atoms with Crippen LogP contribution in [-0.2, 0) is 19.4 Å². The molecule has 132 valence electrons. The van der Waals surface area contributed by atoms with E-state index in [1.165, 1.54) is 15.4 Å². The molecular weight excluding hydrogens is 435 g/mol. The number of aromatic nitrogens is 1. The van der Waals surface area contributed by atoms with E-state index in [2.05, 4.69) is 27.5 Å². The molecule has 0 aliphatic carbocycles. The lowest BCUT2D eigenvalue weighted by Gasteiger charge is -2.11. The van der Waals surface area contributed by atoms with E-state index in [-0.39, 0.29) is 24.0 Å². The highest BCUT2D eigenvalue weighted by Crippen LogP contribution is 2.13. The number of guanidine groups is 1. The number of nitrogens with one attached hydrogen (secondary N) is 2. The quantitative estimate of drug-likeness (QED) is 0.379. The molecule has 0 aliphatic rings. The molecule has 1 aromatic carbocycles. The third-order valence-electron chi connectivity index (χ3n) is 3.42. The summed E-state index contributed by atoms with van der Waals surface area (Å²) in [7, 11) is 3.45. The molecule has 0 radical (unpaired) electrons. The largest absolute Gasteiger partial charge is 0.497 e. The molecule has 2 rings (SSSR count). The van der Waals surface area contributed by atoms with Gasteiger partial charge in [-0.2, -0.15) is 0 Å². The van der Waals surface area contributed by atoms with Gasteiger partial charge in [-0.1, -0.05) is 19.1 Å². The minimum Gasteiger partial charge on any atom is -0.497 e. The molecule has 1 aromatic heterocycles. The van der Waals surface area contributed by atoms with Crippen LogP contribution in [0.5, 0.6) is 5.75 Å². The number of methoxy groups -OCH3 is 1. The van der Waals surface area contributed by atoms with Gasteiger partial charge in [0.05, 0.1) is 12.1 Å². The fourth-order valence-electron chi connectivity index (χ4n) is 2.06. The Morgan fingerprint density at radius 2 is 2.00 bits per heavy atom. The lowest BCUT2D eigenvalue weighted by Crippen LogP contribution is -2.37. The van der Waals surface area contributed by atoms with Gasteiger partial charge in [0.25, 0.3) is 0 Å². The zero-order valence-electron chi connectivity index (χ0n) is 14.3. The normalized spacial score (nSPS) is 10.9. The molecule has 1 heterocycles. The zero-order valence-corrected chi connectivity index (χ0v) is 17.5. The first-order valence-corrected chi connectivity index (χ1v) is 8.57. The van der Waals surface area contributed by atoms with Crippen LogP contribution >= 0.6 is 35.3 Å². The Labute approximate surface area is 165 Å². The predicted molar refractivity (Wildman–Crippen MR) is 112 cm³/mol. The second-order valence-electron chi connectivity index (χ2n) is 5.02. The topological polar surface area (TPSA) is 58.5 Å². The van der Waals surface area contributed by atoms with Gasteiger partial charge in [0.1, 0.15) is 5.75 Å². The van der Waals surface area contributed by atoms with Gasteiger partial charge in [0.15, 0.2) is 5.96 Å². The molecule has 0 bridgehead atoms. The van der Waals surface area contributed by atoms with Crippen molar-refractivity contribution in [1.29, 1.82) is 0 Å². The standard InChI is InChI=1S/C17H24N4OS.HI/c1-4-15-12-20-16(23-15)9-10-19-17(18-2)21-11-13-5-7-14(22-3)8-6-13;/h5-8,12H,4,9-11H2,1-3H3,(H2,18,19,21);1H. The Morgan fingerprint density at radius 1 is 1.25 bits per heavy atom. The maximum absolute atomic E-state index is 5.16. The molecule has 0 saturated heterocycles. The summed E-state index contributed by atoms with van der Waals surface area (Å²) in [4.78, 5) is 10.0. The first-order valence-electron chi connectivity index (χ1n) is 7.76. The molecule has 0 unspecified atom stereocenters. The highest BCUT2D eigenvalue weighted by atomic mass is 127. The Balaban J connectivity index is 0.00000288. The van der Waals surface area contributed by atoms with Crippen molar-refractivity contribution in [3.05, 3.63) is 45.9 Å². The molecule has 7 heteroatoms. The van der Waals surface area contributed by atoms with Crippen molar-refractivity contribution >= 4 is 41.3 Å². The van der Waals surface area contributed by atoms with Crippen molar-refractivity contribution in [3.63, 3.8) is 0 Å². The molecular formula is C17H25IN4OS. The van der Waals surface area contributed by atoms with Gasteiger partial charge in [-0.05, 0) is 24.1 Å². The summed E-state index contributed by atoms with van der Waals surface area (Å²) in [6, 6.07) is 8.00. The summed E-state index contributed by atoms with van der Waals surface area (Å²) in [6.07, 6.45) is 3.93. The molecule has 0 spiro atoms. The smallest absolute Gasteiger partial charge is 0.191 e. The summed E-state index contributed by atoms with van der Waals surface area (Å²) in [5, 5.41) is 7.79. The number of rotatable bonds is 7. The molecule has 0 fully saturated rings. The second kappa shape index (κ2) is 11.2. The van der Waals surface area contributed by atoms with Gasteiger partial charge in [-0.15, -0.1) is 35.3 Å². The van der Waals surface area contributed by atoms with Gasteiger partial charge in [-0.25, -0.2) is 4.98 Å². The van der Waals surface area contributed by atoms with Crippen LogP contribution in [0.4, 0.5) is 0 Å². The third-order valence-corrected chi connectivity index (χ3v) is 4.63. The van der Waals surface area contributed by atoms with E-state index in [0.717, 1.165) is 37.6 Å². The summed E-state index contributed by atoms with van der Waals surface area (Å²) >= 11 is 1.78. The molecule has 0 atom stereocenters. The summed E-state index contributed by atoms with van der Waals surface area (Å²) in [5.74, 6) is 1.67. The number of benzene rings is 1. The van der Waals surface area contributed by atoms with Gasteiger partial charge < -0.3 is 15.4 Å².